The number of fused-ring (bicyclic) bond motifs is 1. The molecular formula is C25H18BrN5O4S. The second kappa shape index (κ2) is 9.88. The van der Waals surface area contributed by atoms with Gasteiger partial charge in [-0.25, -0.2) is 9.67 Å². The van der Waals surface area contributed by atoms with E-state index < -0.39 is 4.92 Å². The lowest BCUT2D eigenvalue weighted by Gasteiger charge is -2.18. The molecule has 4 aromatic rings. The molecule has 0 unspecified atom stereocenters. The average molecular weight is 564 g/mol. The maximum absolute atomic E-state index is 11.8. The molecule has 1 aliphatic rings. The lowest BCUT2D eigenvalue weighted by molar-refractivity contribution is -0.384. The number of benzene rings is 3. The van der Waals surface area contributed by atoms with Crippen molar-refractivity contribution in [2.24, 2.45) is 10.1 Å². The summed E-state index contributed by atoms with van der Waals surface area (Å²) in [7, 11) is 0. The third-order valence-electron chi connectivity index (χ3n) is 5.38. The number of carbonyl (C=O) groups excluding carboxylic acids is 1. The van der Waals surface area contributed by atoms with E-state index in [-0.39, 0.29) is 23.9 Å². The summed E-state index contributed by atoms with van der Waals surface area (Å²) in [6.45, 7) is 1.85. The Labute approximate surface area is 217 Å². The van der Waals surface area contributed by atoms with Crippen LogP contribution in [0.3, 0.4) is 0 Å². The number of nitrogens with zero attached hydrogens (tertiary/aromatic N) is 4. The number of nitro groups is 1. The van der Waals surface area contributed by atoms with Gasteiger partial charge in [-0.2, -0.15) is 5.10 Å². The van der Waals surface area contributed by atoms with Crippen LogP contribution in [0.1, 0.15) is 12.5 Å². The zero-order valence-electron chi connectivity index (χ0n) is 18.8. The number of amides is 1. The Hall–Kier alpha value is -4.09. The standard InChI is InChI=1S/C25H18BrN5O4S/c1-15(16-5-4-6-18(26)11-16)29-30-22(17-9-10-23-20(12-17)27-24(32)13-35-23)14-36-25(30)28-19-7-2-3-8-21(19)31(33)34/h2-12,14H,13H2,1H3,(H,27,32). The zero-order chi connectivity index (χ0) is 25.2. The van der Waals surface area contributed by atoms with E-state index >= 15 is 0 Å². The number of hydrogen-bond acceptors (Lipinski definition) is 7. The lowest BCUT2D eigenvalue weighted by Crippen LogP contribution is -2.25. The van der Waals surface area contributed by atoms with Crippen LogP contribution in [0.25, 0.3) is 11.3 Å². The third-order valence-corrected chi connectivity index (χ3v) is 6.69. The predicted molar refractivity (Wildman–Crippen MR) is 142 cm³/mol. The van der Waals surface area contributed by atoms with Gasteiger partial charge >= 0.3 is 0 Å². The summed E-state index contributed by atoms with van der Waals surface area (Å²) >= 11 is 4.79. The molecule has 180 valence electrons. The fourth-order valence-corrected chi connectivity index (χ4v) is 4.89. The molecule has 0 saturated carbocycles. The van der Waals surface area contributed by atoms with Gasteiger partial charge < -0.3 is 10.1 Å². The highest BCUT2D eigenvalue weighted by atomic mass is 79.9. The van der Waals surface area contributed by atoms with Gasteiger partial charge in [-0.15, -0.1) is 11.3 Å². The maximum atomic E-state index is 11.8. The van der Waals surface area contributed by atoms with E-state index in [2.05, 4.69) is 26.2 Å². The van der Waals surface area contributed by atoms with Crippen molar-refractivity contribution in [1.29, 1.82) is 0 Å². The number of para-hydroxylation sites is 2. The van der Waals surface area contributed by atoms with Gasteiger partial charge in [0.1, 0.15) is 11.4 Å². The summed E-state index contributed by atoms with van der Waals surface area (Å²) in [5.74, 6) is 0.354. The molecule has 1 N–H and O–H groups in total. The first-order valence-corrected chi connectivity index (χ1v) is 12.4. The first-order valence-electron chi connectivity index (χ1n) is 10.8. The molecule has 0 radical (unpaired) electrons. The van der Waals surface area contributed by atoms with Gasteiger partial charge in [0.25, 0.3) is 11.6 Å². The van der Waals surface area contributed by atoms with Gasteiger partial charge in [0.05, 0.1) is 22.0 Å². The van der Waals surface area contributed by atoms with Crippen LogP contribution in [0.4, 0.5) is 17.1 Å². The molecule has 36 heavy (non-hydrogen) atoms. The van der Waals surface area contributed by atoms with Crippen molar-refractivity contribution in [2.75, 3.05) is 11.9 Å². The van der Waals surface area contributed by atoms with Gasteiger partial charge in [0.2, 0.25) is 4.80 Å². The number of hydrogen-bond donors (Lipinski definition) is 1. The van der Waals surface area contributed by atoms with Crippen LogP contribution in [-0.2, 0) is 4.79 Å². The molecule has 1 amide bonds. The highest BCUT2D eigenvalue weighted by Gasteiger charge is 2.19. The first-order chi connectivity index (χ1) is 17.4. The lowest BCUT2D eigenvalue weighted by atomic mass is 10.1. The summed E-state index contributed by atoms with van der Waals surface area (Å²) in [5, 5.41) is 21.1. The predicted octanol–water partition coefficient (Wildman–Crippen LogP) is 5.72. The maximum Gasteiger partial charge on any atom is 0.294 e. The van der Waals surface area contributed by atoms with E-state index in [9.17, 15) is 14.9 Å². The van der Waals surface area contributed by atoms with Crippen molar-refractivity contribution >= 4 is 55.9 Å². The van der Waals surface area contributed by atoms with Crippen LogP contribution < -0.4 is 14.9 Å². The Kier molecular flexibility index (Phi) is 6.49. The Morgan fingerprint density at radius 1 is 1.17 bits per heavy atom. The Morgan fingerprint density at radius 2 is 2.00 bits per heavy atom. The van der Waals surface area contributed by atoms with E-state index in [0.717, 1.165) is 21.3 Å². The van der Waals surface area contributed by atoms with Crippen molar-refractivity contribution in [2.45, 2.75) is 6.92 Å². The third kappa shape index (κ3) is 4.83. The Morgan fingerprint density at radius 3 is 2.81 bits per heavy atom. The van der Waals surface area contributed by atoms with Crippen LogP contribution in [0.2, 0.25) is 0 Å². The van der Waals surface area contributed by atoms with E-state index in [4.69, 9.17) is 9.84 Å². The van der Waals surface area contributed by atoms with Gasteiger partial charge in [0, 0.05) is 21.5 Å². The van der Waals surface area contributed by atoms with Gasteiger partial charge in [-0.05, 0) is 48.9 Å². The SMILES string of the molecule is CC(=Nn1c(-c2ccc3c(c2)NC(=O)CO3)csc1=Nc1ccccc1[N+](=O)[O-])c1cccc(Br)c1. The summed E-state index contributed by atoms with van der Waals surface area (Å²) in [6, 6.07) is 19.5. The van der Waals surface area contributed by atoms with E-state index in [1.807, 2.05) is 48.7 Å². The minimum Gasteiger partial charge on any atom is -0.482 e. The topological polar surface area (TPSA) is 111 Å². The monoisotopic (exact) mass is 563 g/mol. The Balaban J connectivity index is 1.70. The molecule has 0 bridgehead atoms. The smallest absolute Gasteiger partial charge is 0.294 e. The molecule has 0 fully saturated rings. The molecule has 5 rings (SSSR count). The number of anilines is 1. The van der Waals surface area contributed by atoms with Gasteiger partial charge in [-0.3, -0.25) is 14.9 Å². The van der Waals surface area contributed by atoms with Crippen LogP contribution in [-0.4, -0.2) is 27.8 Å². The first kappa shape index (κ1) is 23.6. The quantitative estimate of drug-likeness (QED) is 0.190. The van der Waals surface area contributed by atoms with Gasteiger partial charge in [0.15, 0.2) is 6.61 Å². The van der Waals surface area contributed by atoms with Crippen molar-refractivity contribution in [3.8, 4) is 17.0 Å². The number of nitro benzene ring substituents is 1. The number of ether oxygens (including phenoxy) is 1. The largest absolute Gasteiger partial charge is 0.482 e. The molecule has 11 heteroatoms. The van der Waals surface area contributed by atoms with Crippen LogP contribution in [0.5, 0.6) is 5.75 Å². The van der Waals surface area contributed by atoms with Crippen LogP contribution in [0.15, 0.2) is 86.7 Å². The fourth-order valence-electron chi connectivity index (χ4n) is 3.65. The second-order valence-electron chi connectivity index (χ2n) is 7.82. The van der Waals surface area contributed by atoms with Crippen molar-refractivity contribution in [3.63, 3.8) is 0 Å². The molecule has 3 aromatic carbocycles. The second-order valence-corrected chi connectivity index (χ2v) is 9.57. The molecular weight excluding hydrogens is 546 g/mol. The molecule has 0 spiro atoms. The number of aromatic nitrogens is 1. The van der Waals surface area contributed by atoms with Crippen molar-refractivity contribution in [1.82, 2.24) is 4.68 Å². The summed E-state index contributed by atoms with van der Waals surface area (Å²) < 4.78 is 8.05. The van der Waals surface area contributed by atoms with Crippen molar-refractivity contribution in [3.05, 3.63) is 97.1 Å². The summed E-state index contributed by atoms with van der Waals surface area (Å²) in [4.78, 5) is 28.0. The summed E-state index contributed by atoms with van der Waals surface area (Å²) in [5.41, 5.74) is 3.78. The number of carbonyl (C=O) groups is 1. The number of nitrogens with one attached hydrogen (secondary N) is 1. The van der Waals surface area contributed by atoms with E-state index in [1.54, 1.807) is 28.9 Å². The van der Waals surface area contributed by atoms with Gasteiger partial charge in [-0.1, -0.05) is 40.2 Å². The highest BCUT2D eigenvalue weighted by molar-refractivity contribution is 9.10. The van der Waals surface area contributed by atoms with Crippen molar-refractivity contribution < 1.29 is 14.5 Å². The molecule has 1 aliphatic heterocycles. The van der Waals surface area contributed by atoms with E-state index in [0.29, 0.717) is 21.9 Å². The molecule has 0 aliphatic carbocycles. The number of halogens is 1. The molecule has 0 saturated heterocycles. The Bertz CT molecular complexity index is 1610. The zero-order valence-corrected chi connectivity index (χ0v) is 21.2. The summed E-state index contributed by atoms with van der Waals surface area (Å²) in [6.07, 6.45) is 0. The number of rotatable bonds is 5. The average Bonchev–Trinajstić information content (AvgIpc) is 3.25. The molecule has 2 heterocycles. The fraction of sp³-hybridized carbons (Fsp3) is 0.0800. The van der Waals surface area contributed by atoms with Crippen LogP contribution in [0, 0.1) is 10.1 Å². The highest BCUT2D eigenvalue weighted by Crippen LogP contribution is 2.33. The molecule has 9 nitrogen and oxygen atoms in total. The normalized spacial score (nSPS) is 13.7. The molecule has 1 aromatic heterocycles. The number of thiazole rings is 1. The van der Waals surface area contributed by atoms with Crippen LogP contribution >= 0.6 is 27.3 Å². The molecule has 0 atom stereocenters. The minimum atomic E-state index is -0.458. The minimum absolute atomic E-state index is 0.0280. The van der Waals surface area contributed by atoms with E-state index in [1.165, 1.54) is 17.4 Å².